The molecule has 1 aliphatic rings. The minimum absolute atomic E-state index is 0.0183. The topological polar surface area (TPSA) is 116 Å². The Bertz CT molecular complexity index is 1310. The number of aliphatic carboxylic acids is 1. The van der Waals surface area contributed by atoms with E-state index in [1.807, 2.05) is 0 Å². The van der Waals surface area contributed by atoms with Crippen molar-refractivity contribution in [2.24, 2.45) is 0 Å². The summed E-state index contributed by atoms with van der Waals surface area (Å²) in [5, 5.41) is 11.1. The summed E-state index contributed by atoms with van der Waals surface area (Å²) >= 11 is 0. The molecule has 0 radical (unpaired) electrons. The van der Waals surface area contributed by atoms with Crippen LogP contribution >= 0.6 is 0 Å². The molecule has 16 heteroatoms. The molecule has 0 spiro atoms. The number of carboxylic acid groups (broad SMARTS) is 1. The van der Waals surface area contributed by atoms with Gasteiger partial charge in [-0.15, -0.1) is 0 Å². The highest BCUT2D eigenvalue weighted by Gasteiger charge is 2.32. The third kappa shape index (κ3) is 8.39. The molecule has 2 amide bonds. The zero-order valence-corrected chi connectivity index (χ0v) is 20.9. The summed E-state index contributed by atoms with van der Waals surface area (Å²) < 4.78 is 97.5. The maximum atomic E-state index is 13.8. The maximum absolute atomic E-state index is 13.8. The summed E-state index contributed by atoms with van der Waals surface area (Å²) in [6.07, 6.45) is -5.53. The Labute approximate surface area is 227 Å². The first-order chi connectivity index (χ1) is 19.1. The van der Waals surface area contributed by atoms with E-state index in [0.29, 0.717) is 5.56 Å². The standard InChI is InChI=1S/C25H22F7N3O6/c26-15-7-16(27)23(29)24(22(15)28)41-12-18(36)17(8-21(39)40)33-19(37)10-35-5-4-34(11-20(35)38)9-13-2-1-3-14(6-13)25(30,31)32/h1-3,6-7,17H,4-5,8-12H2,(H,33,37)(H,39,40). The van der Waals surface area contributed by atoms with E-state index in [2.05, 4.69) is 10.1 Å². The second kappa shape index (κ2) is 13.0. The largest absolute Gasteiger partial charge is 0.481 e. The van der Waals surface area contributed by atoms with Gasteiger partial charge in [0.25, 0.3) is 0 Å². The quantitative estimate of drug-likeness (QED) is 0.304. The normalized spacial score (nSPS) is 15.0. The predicted octanol–water partition coefficient (Wildman–Crippen LogP) is 2.51. The maximum Gasteiger partial charge on any atom is 0.416 e. The van der Waals surface area contributed by atoms with Gasteiger partial charge in [0.1, 0.15) is 12.6 Å². The average Bonchev–Trinajstić information content (AvgIpc) is 2.88. The van der Waals surface area contributed by atoms with E-state index >= 15 is 0 Å². The third-order valence-electron chi connectivity index (χ3n) is 5.93. The van der Waals surface area contributed by atoms with Gasteiger partial charge in [-0.2, -0.15) is 22.0 Å². The molecular formula is C25H22F7N3O6. The van der Waals surface area contributed by atoms with Crippen LogP contribution in [0.4, 0.5) is 30.7 Å². The number of rotatable bonds is 11. The molecule has 2 aromatic rings. The molecule has 1 atom stereocenters. The SMILES string of the molecule is O=C(O)CC(NC(=O)CN1CCN(Cc2cccc(C(F)(F)F)c2)CC1=O)C(=O)COc1c(F)c(F)cc(F)c1F. The number of nitrogens with one attached hydrogen (secondary N) is 1. The molecule has 0 aliphatic carbocycles. The second-order valence-corrected chi connectivity index (χ2v) is 8.99. The van der Waals surface area contributed by atoms with Crippen molar-refractivity contribution in [2.75, 3.05) is 32.8 Å². The summed E-state index contributed by atoms with van der Waals surface area (Å²) in [5.74, 6) is -13.3. The highest BCUT2D eigenvalue weighted by Crippen LogP contribution is 2.30. The Hall–Kier alpha value is -4.21. The summed E-state index contributed by atoms with van der Waals surface area (Å²) in [7, 11) is 0. The molecule has 222 valence electrons. The smallest absolute Gasteiger partial charge is 0.416 e. The van der Waals surface area contributed by atoms with E-state index in [1.54, 1.807) is 4.90 Å². The molecular weight excluding hydrogens is 571 g/mol. The number of alkyl halides is 3. The van der Waals surface area contributed by atoms with Gasteiger partial charge in [-0.25, -0.2) is 8.78 Å². The van der Waals surface area contributed by atoms with Crippen molar-refractivity contribution in [1.29, 1.82) is 0 Å². The number of Topliss-reactive ketones (excluding diaryl/α,β-unsaturated/α-hetero) is 1. The van der Waals surface area contributed by atoms with E-state index in [-0.39, 0.29) is 32.2 Å². The third-order valence-corrected chi connectivity index (χ3v) is 5.93. The van der Waals surface area contributed by atoms with Gasteiger partial charge in [0.2, 0.25) is 23.4 Å². The number of carboxylic acids is 1. The lowest BCUT2D eigenvalue weighted by atomic mass is 10.1. The van der Waals surface area contributed by atoms with Crippen LogP contribution in [0, 0.1) is 23.3 Å². The van der Waals surface area contributed by atoms with E-state index < -0.39 is 89.9 Å². The minimum atomic E-state index is -4.53. The summed E-state index contributed by atoms with van der Waals surface area (Å²) in [6.45, 7) is -1.92. The van der Waals surface area contributed by atoms with Crippen LogP contribution < -0.4 is 10.1 Å². The van der Waals surface area contributed by atoms with Crippen molar-refractivity contribution in [3.63, 3.8) is 0 Å². The fraction of sp³-hybridized carbons (Fsp3) is 0.360. The van der Waals surface area contributed by atoms with Crippen LogP contribution in [0.3, 0.4) is 0 Å². The molecule has 0 saturated carbocycles. The first-order valence-electron chi connectivity index (χ1n) is 11.8. The number of ether oxygens (including phenoxy) is 1. The van der Waals surface area contributed by atoms with Crippen LogP contribution in [0.15, 0.2) is 30.3 Å². The van der Waals surface area contributed by atoms with Crippen LogP contribution in [-0.2, 0) is 31.9 Å². The molecule has 1 fully saturated rings. The Morgan fingerprint density at radius 1 is 1.02 bits per heavy atom. The number of hydrogen-bond acceptors (Lipinski definition) is 6. The molecule has 2 N–H and O–H groups in total. The van der Waals surface area contributed by atoms with Crippen LogP contribution in [0.2, 0.25) is 0 Å². The van der Waals surface area contributed by atoms with Crippen molar-refractivity contribution in [1.82, 2.24) is 15.1 Å². The van der Waals surface area contributed by atoms with Crippen LogP contribution in [-0.4, -0.2) is 77.3 Å². The Balaban J connectivity index is 1.57. The molecule has 9 nitrogen and oxygen atoms in total. The van der Waals surface area contributed by atoms with Crippen molar-refractivity contribution in [3.8, 4) is 5.75 Å². The van der Waals surface area contributed by atoms with Gasteiger partial charge >= 0.3 is 12.1 Å². The van der Waals surface area contributed by atoms with Gasteiger partial charge in [-0.05, 0) is 11.6 Å². The Morgan fingerprint density at radius 2 is 1.68 bits per heavy atom. The van der Waals surface area contributed by atoms with E-state index in [4.69, 9.17) is 5.11 Å². The number of halogens is 7. The molecule has 1 unspecified atom stereocenters. The zero-order chi connectivity index (χ0) is 30.5. The first kappa shape index (κ1) is 31.3. The molecule has 1 heterocycles. The van der Waals surface area contributed by atoms with Crippen molar-refractivity contribution >= 4 is 23.6 Å². The number of benzene rings is 2. The number of piperazine rings is 1. The molecule has 0 aromatic heterocycles. The van der Waals surface area contributed by atoms with Crippen LogP contribution in [0.1, 0.15) is 17.5 Å². The van der Waals surface area contributed by atoms with Crippen molar-refractivity contribution in [3.05, 3.63) is 64.7 Å². The van der Waals surface area contributed by atoms with E-state index in [9.17, 15) is 49.9 Å². The number of nitrogens with zero attached hydrogens (tertiary/aromatic N) is 2. The lowest BCUT2D eigenvalue weighted by molar-refractivity contribution is -0.143. The van der Waals surface area contributed by atoms with Crippen molar-refractivity contribution in [2.45, 2.75) is 25.2 Å². The number of hydrogen-bond donors (Lipinski definition) is 2. The van der Waals surface area contributed by atoms with Gasteiger partial charge in [-0.1, -0.05) is 18.2 Å². The number of amides is 2. The summed E-state index contributed by atoms with van der Waals surface area (Å²) in [6, 6.07) is 2.71. The fourth-order valence-corrected chi connectivity index (χ4v) is 3.92. The lowest BCUT2D eigenvalue weighted by Gasteiger charge is -2.34. The van der Waals surface area contributed by atoms with Gasteiger partial charge in [0.15, 0.2) is 23.2 Å². The summed E-state index contributed by atoms with van der Waals surface area (Å²) in [4.78, 5) is 51.3. The number of ketones is 1. The Morgan fingerprint density at radius 3 is 2.27 bits per heavy atom. The number of carbonyl (C=O) groups is 4. The Kier molecular flexibility index (Phi) is 9.91. The predicted molar refractivity (Wildman–Crippen MR) is 124 cm³/mol. The zero-order valence-electron chi connectivity index (χ0n) is 20.9. The van der Waals surface area contributed by atoms with Gasteiger partial charge in [0.05, 0.1) is 25.1 Å². The molecule has 1 aliphatic heterocycles. The highest BCUT2D eigenvalue weighted by atomic mass is 19.4. The van der Waals surface area contributed by atoms with Gasteiger partial charge in [0, 0.05) is 25.7 Å². The minimum Gasteiger partial charge on any atom is -0.481 e. The molecule has 1 saturated heterocycles. The monoisotopic (exact) mass is 593 g/mol. The molecule has 41 heavy (non-hydrogen) atoms. The van der Waals surface area contributed by atoms with Crippen molar-refractivity contribution < 1.29 is 59.8 Å². The average molecular weight is 593 g/mol. The number of carbonyl (C=O) groups excluding carboxylic acids is 3. The van der Waals surface area contributed by atoms with E-state index in [1.165, 1.54) is 12.1 Å². The van der Waals surface area contributed by atoms with Gasteiger partial charge < -0.3 is 20.1 Å². The molecule has 2 aromatic carbocycles. The lowest BCUT2D eigenvalue weighted by Crippen LogP contribution is -2.54. The van der Waals surface area contributed by atoms with Crippen LogP contribution in [0.25, 0.3) is 0 Å². The van der Waals surface area contributed by atoms with Crippen LogP contribution in [0.5, 0.6) is 5.75 Å². The highest BCUT2D eigenvalue weighted by molar-refractivity contribution is 5.94. The summed E-state index contributed by atoms with van der Waals surface area (Å²) in [5.41, 5.74) is -0.525. The first-order valence-corrected chi connectivity index (χ1v) is 11.8. The molecule has 0 bridgehead atoms. The van der Waals surface area contributed by atoms with E-state index in [0.717, 1.165) is 17.0 Å². The fourth-order valence-electron chi connectivity index (χ4n) is 3.92. The molecule has 3 rings (SSSR count). The van der Waals surface area contributed by atoms with Gasteiger partial charge in [-0.3, -0.25) is 24.1 Å². The second-order valence-electron chi connectivity index (χ2n) is 8.99.